The molecule has 0 aliphatic heterocycles. The predicted molar refractivity (Wildman–Crippen MR) is 91.0 cm³/mol. The molecule has 3 aromatic heterocycles. The molecule has 5 heteroatoms. The Morgan fingerprint density at radius 3 is 2.68 bits per heavy atom. The molecule has 0 saturated heterocycles. The van der Waals surface area contributed by atoms with E-state index in [2.05, 4.69) is 44.7 Å². The van der Waals surface area contributed by atoms with Crippen LogP contribution in [0.5, 0.6) is 0 Å². The van der Waals surface area contributed by atoms with E-state index in [-0.39, 0.29) is 6.04 Å². The Morgan fingerprint density at radius 1 is 1.18 bits per heavy atom. The van der Waals surface area contributed by atoms with E-state index in [1.807, 2.05) is 25.1 Å². The Bertz CT molecular complexity index is 726. The zero-order chi connectivity index (χ0) is 15.4. The number of aromatic nitrogens is 3. The van der Waals surface area contributed by atoms with Gasteiger partial charge in [-0.1, -0.05) is 13.0 Å². The van der Waals surface area contributed by atoms with E-state index in [1.165, 1.54) is 4.88 Å². The van der Waals surface area contributed by atoms with Crippen LogP contribution in [0.3, 0.4) is 0 Å². The van der Waals surface area contributed by atoms with Crippen molar-refractivity contribution < 1.29 is 0 Å². The Morgan fingerprint density at radius 2 is 2.00 bits per heavy atom. The second-order valence-corrected chi connectivity index (χ2v) is 6.05. The van der Waals surface area contributed by atoms with E-state index < -0.39 is 0 Å². The molecule has 0 fully saturated rings. The molecule has 1 N–H and O–H groups in total. The van der Waals surface area contributed by atoms with Gasteiger partial charge in [0.1, 0.15) is 5.82 Å². The average molecular weight is 310 g/mol. The van der Waals surface area contributed by atoms with Gasteiger partial charge in [-0.3, -0.25) is 4.98 Å². The van der Waals surface area contributed by atoms with E-state index >= 15 is 0 Å². The number of thiophene rings is 1. The van der Waals surface area contributed by atoms with Crippen molar-refractivity contribution in [1.29, 1.82) is 0 Å². The standard InChI is InChI=1S/C17H18N4S/c1-3-14(15-5-4-10-22-15)20-16-11-12(2)19-17(21-16)13-6-8-18-9-7-13/h4-11,14H,3H2,1-2H3,(H,19,20,21). The van der Waals surface area contributed by atoms with Crippen molar-refractivity contribution in [2.75, 3.05) is 5.32 Å². The van der Waals surface area contributed by atoms with Crippen LogP contribution in [0.4, 0.5) is 5.82 Å². The number of pyridine rings is 1. The largest absolute Gasteiger partial charge is 0.362 e. The number of hydrogen-bond donors (Lipinski definition) is 1. The fourth-order valence-corrected chi connectivity index (χ4v) is 3.18. The Labute approximate surface area is 134 Å². The van der Waals surface area contributed by atoms with Crippen LogP contribution in [0.25, 0.3) is 11.4 Å². The zero-order valence-electron chi connectivity index (χ0n) is 12.7. The summed E-state index contributed by atoms with van der Waals surface area (Å²) in [5.74, 6) is 1.59. The minimum absolute atomic E-state index is 0.277. The number of rotatable bonds is 5. The topological polar surface area (TPSA) is 50.7 Å². The van der Waals surface area contributed by atoms with Gasteiger partial charge in [0.05, 0.1) is 6.04 Å². The monoisotopic (exact) mass is 310 g/mol. The van der Waals surface area contributed by atoms with E-state index in [9.17, 15) is 0 Å². The van der Waals surface area contributed by atoms with Crippen LogP contribution in [0.1, 0.15) is 30.0 Å². The van der Waals surface area contributed by atoms with Crippen molar-refractivity contribution in [3.05, 3.63) is 58.7 Å². The fraction of sp³-hybridized carbons (Fsp3) is 0.235. The highest BCUT2D eigenvalue weighted by Crippen LogP contribution is 2.26. The molecule has 112 valence electrons. The van der Waals surface area contributed by atoms with Crippen molar-refractivity contribution >= 4 is 17.2 Å². The van der Waals surface area contributed by atoms with Gasteiger partial charge >= 0.3 is 0 Å². The van der Waals surface area contributed by atoms with Gasteiger partial charge in [0.25, 0.3) is 0 Å². The average Bonchev–Trinajstić information content (AvgIpc) is 3.07. The normalized spacial score (nSPS) is 12.1. The second-order valence-electron chi connectivity index (χ2n) is 5.07. The first kappa shape index (κ1) is 14.7. The van der Waals surface area contributed by atoms with Crippen LogP contribution in [0.2, 0.25) is 0 Å². The van der Waals surface area contributed by atoms with Crippen LogP contribution >= 0.6 is 11.3 Å². The number of aryl methyl sites for hydroxylation is 1. The molecule has 0 bridgehead atoms. The van der Waals surface area contributed by atoms with Crippen LogP contribution in [0.15, 0.2) is 48.1 Å². The highest BCUT2D eigenvalue weighted by Gasteiger charge is 2.12. The summed E-state index contributed by atoms with van der Waals surface area (Å²) in [4.78, 5) is 14.5. The molecular formula is C17H18N4S. The van der Waals surface area contributed by atoms with Crippen LogP contribution in [-0.4, -0.2) is 15.0 Å². The lowest BCUT2D eigenvalue weighted by atomic mass is 10.2. The molecule has 0 spiro atoms. The summed E-state index contributed by atoms with van der Waals surface area (Å²) < 4.78 is 0. The van der Waals surface area contributed by atoms with Crippen LogP contribution in [-0.2, 0) is 0 Å². The Balaban J connectivity index is 1.89. The molecule has 1 atom stereocenters. The lowest BCUT2D eigenvalue weighted by molar-refractivity contribution is 0.758. The van der Waals surface area contributed by atoms with Crippen molar-refractivity contribution in [2.45, 2.75) is 26.3 Å². The zero-order valence-corrected chi connectivity index (χ0v) is 13.5. The first-order valence-electron chi connectivity index (χ1n) is 7.32. The number of nitrogens with one attached hydrogen (secondary N) is 1. The third-order valence-corrected chi connectivity index (χ3v) is 4.40. The number of nitrogens with zero attached hydrogens (tertiary/aromatic N) is 3. The highest BCUT2D eigenvalue weighted by atomic mass is 32.1. The third kappa shape index (κ3) is 3.31. The van der Waals surface area contributed by atoms with Gasteiger partial charge in [0.2, 0.25) is 0 Å². The summed E-state index contributed by atoms with van der Waals surface area (Å²) in [6, 6.07) is 10.4. The predicted octanol–water partition coefficient (Wildman–Crippen LogP) is 4.47. The molecular weight excluding hydrogens is 292 g/mol. The van der Waals surface area contributed by atoms with Gasteiger partial charge < -0.3 is 5.32 Å². The summed E-state index contributed by atoms with van der Waals surface area (Å²) in [5, 5.41) is 5.63. The van der Waals surface area contributed by atoms with Crippen molar-refractivity contribution in [3.63, 3.8) is 0 Å². The molecule has 0 aromatic carbocycles. The molecule has 22 heavy (non-hydrogen) atoms. The molecule has 3 aromatic rings. The lowest BCUT2D eigenvalue weighted by Gasteiger charge is -2.17. The summed E-state index contributed by atoms with van der Waals surface area (Å²) in [7, 11) is 0. The first-order valence-corrected chi connectivity index (χ1v) is 8.20. The van der Waals surface area contributed by atoms with E-state index in [1.54, 1.807) is 23.7 Å². The molecule has 3 rings (SSSR count). The molecule has 0 aliphatic rings. The van der Waals surface area contributed by atoms with E-state index in [0.29, 0.717) is 0 Å². The maximum Gasteiger partial charge on any atom is 0.161 e. The van der Waals surface area contributed by atoms with Crippen molar-refractivity contribution in [2.24, 2.45) is 0 Å². The van der Waals surface area contributed by atoms with Gasteiger partial charge in [-0.15, -0.1) is 11.3 Å². The third-order valence-electron chi connectivity index (χ3n) is 3.41. The quantitative estimate of drug-likeness (QED) is 0.755. The number of hydrogen-bond acceptors (Lipinski definition) is 5. The minimum atomic E-state index is 0.277. The summed E-state index contributed by atoms with van der Waals surface area (Å²) >= 11 is 1.77. The Kier molecular flexibility index (Phi) is 4.44. The van der Waals surface area contributed by atoms with Crippen molar-refractivity contribution in [1.82, 2.24) is 15.0 Å². The van der Waals surface area contributed by atoms with E-state index in [4.69, 9.17) is 0 Å². The summed E-state index contributed by atoms with van der Waals surface area (Å²) in [5.41, 5.74) is 1.93. The lowest BCUT2D eigenvalue weighted by Crippen LogP contribution is -2.10. The molecule has 4 nitrogen and oxygen atoms in total. The van der Waals surface area contributed by atoms with Crippen molar-refractivity contribution in [3.8, 4) is 11.4 Å². The van der Waals surface area contributed by atoms with Gasteiger partial charge in [0.15, 0.2) is 5.82 Å². The Hall–Kier alpha value is -2.27. The molecule has 0 aliphatic carbocycles. The van der Waals surface area contributed by atoms with Gasteiger partial charge in [-0.2, -0.15) is 0 Å². The maximum absolute atomic E-state index is 4.66. The van der Waals surface area contributed by atoms with Crippen LogP contribution < -0.4 is 5.32 Å². The highest BCUT2D eigenvalue weighted by molar-refractivity contribution is 7.10. The van der Waals surface area contributed by atoms with Gasteiger partial charge in [-0.05, 0) is 36.9 Å². The molecule has 0 radical (unpaired) electrons. The molecule has 0 amide bonds. The SMILES string of the molecule is CCC(Nc1cc(C)nc(-c2ccncc2)n1)c1cccs1. The number of anilines is 1. The minimum Gasteiger partial charge on any atom is -0.362 e. The van der Waals surface area contributed by atoms with E-state index in [0.717, 1.165) is 29.3 Å². The second kappa shape index (κ2) is 6.66. The first-order chi connectivity index (χ1) is 10.8. The molecule has 3 heterocycles. The summed E-state index contributed by atoms with van der Waals surface area (Å²) in [6.07, 6.45) is 4.53. The fourth-order valence-electron chi connectivity index (χ4n) is 2.32. The molecule has 1 unspecified atom stereocenters. The van der Waals surface area contributed by atoms with Gasteiger partial charge in [0, 0.05) is 34.6 Å². The smallest absolute Gasteiger partial charge is 0.161 e. The van der Waals surface area contributed by atoms with Gasteiger partial charge in [-0.25, -0.2) is 9.97 Å². The maximum atomic E-state index is 4.66. The van der Waals surface area contributed by atoms with Crippen LogP contribution in [0, 0.1) is 6.92 Å². The summed E-state index contributed by atoms with van der Waals surface area (Å²) in [6.45, 7) is 4.17. The molecule has 0 saturated carbocycles.